The molecule has 3 heteroatoms. The maximum absolute atomic E-state index is 11.5. The van der Waals surface area contributed by atoms with Gasteiger partial charge in [0.1, 0.15) is 0 Å². The average Bonchev–Trinajstić information content (AvgIpc) is 2.52. The van der Waals surface area contributed by atoms with Crippen LogP contribution in [0.2, 0.25) is 0 Å². The Kier molecular flexibility index (Phi) is 2.19. The van der Waals surface area contributed by atoms with E-state index in [1.165, 1.54) is 6.42 Å². The van der Waals surface area contributed by atoms with Crippen LogP contribution in [0.1, 0.15) is 19.0 Å². The molecule has 0 N–H and O–H groups in total. The molecule has 0 saturated carbocycles. The van der Waals surface area contributed by atoms with Crippen LogP contribution in [0, 0.1) is 0 Å². The first kappa shape index (κ1) is 8.51. The van der Waals surface area contributed by atoms with E-state index in [4.69, 9.17) is 0 Å². The highest BCUT2D eigenvalue weighted by Crippen LogP contribution is 2.22. The highest BCUT2D eigenvalue weighted by atomic mass is 16.1. The smallest absolute Gasteiger partial charge is 0.251 e. The Labute approximate surface area is 77.6 Å². The van der Waals surface area contributed by atoms with E-state index in [0.29, 0.717) is 0 Å². The standard InChI is InChI=1S/C10H14N2O/c1-11-7-4-5-9(11)12-8-3-2-6-10(12)13/h2-3,6,8-9H,4-5,7H2,1H3/t9-/m0/s1. The molecule has 0 aromatic carbocycles. The lowest BCUT2D eigenvalue weighted by atomic mass is 10.3. The average molecular weight is 178 g/mol. The number of likely N-dealkylation sites (tertiary alicyclic amines) is 1. The molecule has 1 aromatic heterocycles. The van der Waals surface area contributed by atoms with E-state index in [9.17, 15) is 4.79 Å². The fourth-order valence-corrected chi connectivity index (χ4v) is 1.93. The van der Waals surface area contributed by atoms with Crippen LogP contribution in [0.15, 0.2) is 29.2 Å². The quantitative estimate of drug-likeness (QED) is 0.642. The summed E-state index contributed by atoms with van der Waals surface area (Å²) in [6.45, 7) is 1.09. The number of nitrogens with zero attached hydrogens (tertiary/aromatic N) is 2. The zero-order valence-corrected chi connectivity index (χ0v) is 7.81. The summed E-state index contributed by atoms with van der Waals surface area (Å²) in [7, 11) is 2.07. The second-order valence-corrected chi connectivity index (χ2v) is 3.55. The monoisotopic (exact) mass is 178 g/mol. The van der Waals surface area contributed by atoms with E-state index < -0.39 is 0 Å². The van der Waals surface area contributed by atoms with Crippen molar-refractivity contribution in [1.82, 2.24) is 9.47 Å². The van der Waals surface area contributed by atoms with Crippen molar-refractivity contribution < 1.29 is 0 Å². The predicted molar refractivity (Wildman–Crippen MR) is 51.6 cm³/mol. The lowest BCUT2D eigenvalue weighted by Gasteiger charge is -2.21. The first-order valence-electron chi connectivity index (χ1n) is 4.66. The van der Waals surface area contributed by atoms with Gasteiger partial charge in [-0.3, -0.25) is 14.3 Å². The van der Waals surface area contributed by atoms with Gasteiger partial charge >= 0.3 is 0 Å². The Balaban J connectivity index is 2.35. The molecule has 1 aliphatic heterocycles. The van der Waals surface area contributed by atoms with Gasteiger partial charge in [0, 0.05) is 12.3 Å². The SMILES string of the molecule is CN1CCC[C@@H]1n1ccccc1=O. The third-order valence-electron chi connectivity index (χ3n) is 2.65. The molecule has 2 heterocycles. The molecule has 0 amide bonds. The van der Waals surface area contributed by atoms with Crippen LogP contribution in [-0.2, 0) is 0 Å². The highest BCUT2D eigenvalue weighted by molar-refractivity contribution is 4.95. The maximum Gasteiger partial charge on any atom is 0.251 e. The van der Waals surface area contributed by atoms with Gasteiger partial charge in [-0.2, -0.15) is 0 Å². The third kappa shape index (κ3) is 1.52. The first-order chi connectivity index (χ1) is 6.29. The molecule has 1 aliphatic rings. The van der Waals surface area contributed by atoms with Crippen molar-refractivity contribution in [2.45, 2.75) is 19.0 Å². The molecule has 0 radical (unpaired) electrons. The second-order valence-electron chi connectivity index (χ2n) is 3.55. The first-order valence-corrected chi connectivity index (χ1v) is 4.66. The fourth-order valence-electron chi connectivity index (χ4n) is 1.93. The molecule has 1 saturated heterocycles. The molecule has 0 aliphatic carbocycles. The lowest BCUT2D eigenvalue weighted by molar-refractivity contribution is 0.233. The molecule has 0 spiro atoms. The molecule has 70 valence electrons. The molecule has 1 aromatic rings. The Morgan fingerprint density at radius 1 is 1.46 bits per heavy atom. The molecule has 0 unspecified atom stereocenters. The zero-order chi connectivity index (χ0) is 9.26. The Morgan fingerprint density at radius 3 is 2.92 bits per heavy atom. The number of hydrogen-bond donors (Lipinski definition) is 0. The summed E-state index contributed by atoms with van der Waals surface area (Å²) in [4.78, 5) is 13.7. The molecule has 3 nitrogen and oxygen atoms in total. The maximum atomic E-state index is 11.5. The van der Waals surface area contributed by atoms with Crippen molar-refractivity contribution in [3.05, 3.63) is 34.7 Å². The largest absolute Gasteiger partial charge is 0.299 e. The van der Waals surface area contributed by atoms with E-state index in [0.717, 1.165) is 13.0 Å². The van der Waals surface area contributed by atoms with Gasteiger partial charge in [-0.1, -0.05) is 6.07 Å². The van der Waals surface area contributed by atoms with E-state index in [1.54, 1.807) is 12.1 Å². The minimum atomic E-state index is 0.0984. The van der Waals surface area contributed by atoms with Gasteiger partial charge in [-0.05, 0) is 32.5 Å². The van der Waals surface area contributed by atoms with E-state index in [1.807, 2.05) is 16.8 Å². The van der Waals surface area contributed by atoms with Gasteiger partial charge in [0.2, 0.25) is 0 Å². The Morgan fingerprint density at radius 2 is 2.31 bits per heavy atom. The van der Waals surface area contributed by atoms with Crippen molar-refractivity contribution in [2.75, 3.05) is 13.6 Å². The van der Waals surface area contributed by atoms with E-state index >= 15 is 0 Å². The lowest BCUT2D eigenvalue weighted by Crippen LogP contribution is -2.30. The summed E-state index contributed by atoms with van der Waals surface area (Å²) in [5, 5.41) is 0. The number of rotatable bonds is 1. The van der Waals surface area contributed by atoms with Crippen LogP contribution < -0.4 is 5.56 Å². The van der Waals surface area contributed by atoms with E-state index in [2.05, 4.69) is 11.9 Å². The summed E-state index contributed by atoms with van der Waals surface area (Å²) in [6.07, 6.45) is 4.41. The molecule has 1 fully saturated rings. The summed E-state index contributed by atoms with van der Waals surface area (Å²) < 4.78 is 1.81. The predicted octanol–water partition coefficient (Wildman–Crippen LogP) is 1.07. The van der Waals surface area contributed by atoms with Crippen LogP contribution in [0.5, 0.6) is 0 Å². The number of pyridine rings is 1. The van der Waals surface area contributed by atoms with Crippen molar-refractivity contribution in [2.24, 2.45) is 0 Å². The van der Waals surface area contributed by atoms with Gasteiger partial charge in [0.15, 0.2) is 0 Å². The van der Waals surface area contributed by atoms with Gasteiger partial charge in [-0.25, -0.2) is 0 Å². The molecular formula is C10H14N2O. The van der Waals surface area contributed by atoms with Crippen molar-refractivity contribution in [3.8, 4) is 0 Å². The van der Waals surface area contributed by atoms with Crippen LogP contribution >= 0.6 is 0 Å². The summed E-state index contributed by atoms with van der Waals surface area (Å²) in [5.74, 6) is 0. The number of aromatic nitrogens is 1. The second kappa shape index (κ2) is 3.34. The summed E-state index contributed by atoms with van der Waals surface area (Å²) >= 11 is 0. The fraction of sp³-hybridized carbons (Fsp3) is 0.500. The van der Waals surface area contributed by atoms with Crippen LogP contribution in [0.3, 0.4) is 0 Å². The molecule has 0 bridgehead atoms. The zero-order valence-electron chi connectivity index (χ0n) is 7.81. The van der Waals surface area contributed by atoms with Crippen molar-refractivity contribution >= 4 is 0 Å². The minimum absolute atomic E-state index is 0.0984. The Bertz CT molecular complexity index is 345. The molecule has 1 atom stereocenters. The number of hydrogen-bond acceptors (Lipinski definition) is 2. The van der Waals surface area contributed by atoms with Crippen LogP contribution in [-0.4, -0.2) is 23.1 Å². The molecule has 13 heavy (non-hydrogen) atoms. The normalized spacial score (nSPS) is 23.6. The van der Waals surface area contributed by atoms with Gasteiger partial charge < -0.3 is 0 Å². The molecule has 2 rings (SSSR count). The van der Waals surface area contributed by atoms with E-state index in [-0.39, 0.29) is 11.7 Å². The van der Waals surface area contributed by atoms with Crippen molar-refractivity contribution in [1.29, 1.82) is 0 Å². The van der Waals surface area contributed by atoms with Crippen LogP contribution in [0.25, 0.3) is 0 Å². The molecular weight excluding hydrogens is 164 g/mol. The van der Waals surface area contributed by atoms with Crippen molar-refractivity contribution in [3.63, 3.8) is 0 Å². The minimum Gasteiger partial charge on any atom is -0.299 e. The van der Waals surface area contributed by atoms with Gasteiger partial charge in [0.05, 0.1) is 6.17 Å². The summed E-state index contributed by atoms with van der Waals surface area (Å²) in [6, 6.07) is 5.31. The highest BCUT2D eigenvalue weighted by Gasteiger charge is 2.22. The topological polar surface area (TPSA) is 25.2 Å². The van der Waals surface area contributed by atoms with Gasteiger partial charge in [0.25, 0.3) is 5.56 Å². The van der Waals surface area contributed by atoms with Gasteiger partial charge in [-0.15, -0.1) is 0 Å². The van der Waals surface area contributed by atoms with Crippen LogP contribution in [0.4, 0.5) is 0 Å². The Hall–Kier alpha value is -1.09. The third-order valence-corrected chi connectivity index (χ3v) is 2.65. The summed E-state index contributed by atoms with van der Waals surface area (Å²) in [5.41, 5.74) is 0.0984.